The van der Waals surface area contributed by atoms with Crippen molar-refractivity contribution in [2.75, 3.05) is 11.9 Å². The fourth-order valence-corrected chi connectivity index (χ4v) is 2.50. The second-order valence-corrected chi connectivity index (χ2v) is 5.30. The average molecular weight is 330 g/mol. The van der Waals surface area contributed by atoms with Crippen LogP contribution in [-0.4, -0.2) is 24.6 Å². The van der Waals surface area contributed by atoms with Crippen LogP contribution in [0.4, 0.5) is 18.9 Å². The van der Waals surface area contributed by atoms with Crippen LogP contribution in [0, 0.1) is 5.92 Å². The van der Waals surface area contributed by atoms with Crippen molar-refractivity contribution >= 4 is 17.6 Å². The van der Waals surface area contributed by atoms with Gasteiger partial charge in [0.25, 0.3) is 0 Å². The third-order valence-electron chi connectivity index (χ3n) is 3.59. The summed E-state index contributed by atoms with van der Waals surface area (Å²) in [5, 5.41) is 13.1. The van der Waals surface area contributed by atoms with E-state index in [0.29, 0.717) is 19.4 Å². The maximum Gasteiger partial charge on any atom is 0.416 e. The zero-order valence-corrected chi connectivity index (χ0v) is 12.1. The number of carboxylic acid groups (broad SMARTS) is 1. The van der Waals surface area contributed by atoms with Crippen molar-refractivity contribution in [1.29, 1.82) is 0 Å². The zero-order chi connectivity index (χ0) is 17.0. The number of alkyl halides is 3. The lowest BCUT2D eigenvalue weighted by atomic mass is 9.95. The molecule has 126 valence electrons. The van der Waals surface area contributed by atoms with E-state index >= 15 is 0 Å². The summed E-state index contributed by atoms with van der Waals surface area (Å²) in [6.07, 6.45) is -4.42. The van der Waals surface area contributed by atoms with E-state index in [9.17, 15) is 27.9 Å². The summed E-state index contributed by atoms with van der Waals surface area (Å²) in [5.74, 6) is -3.11. The molecule has 5 nitrogen and oxygen atoms in total. The Kier molecular flexibility index (Phi) is 5.25. The molecule has 1 aliphatic rings. The fourth-order valence-electron chi connectivity index (χ4n) is 2.50. The van der Waals surface area contributed by atoms with Gasteiger partial charge < -0.3 is 20.0 Å². The standard InChI is InChI=1S/C15H16F3NO4/c16-15(17,18)9-3-1-4-10(7-9)19-14(22)11(8-13(20)21)12-5-2-6-23-12/h1,3-4,7,11-12H,2,5-6,8H2,(H,19,22)(H,20,21)/p-1/t11-,12+/m1/s1. The van der Waals surface area contributed by atoms with Crippen molar-refractivity contribution in [3.05, 3.63) is 29.8 Å². The van der Waals surface area contributed by atoms with Gasteiger partial charge in [-0.1, -0.05) is 6.07 Å². The summed E-state index contributed by atoms with van der Waals surface area (Å²) in [7, 11) is 0. The predicted octanol–water partition coefficient (Wildman–Crippen LogP) is 1.58. The topological polar surface area (TPSA) is 78.5 Å². The van der Waals surface area contributed by atoms with Gasteiger partial charge in [-0.15, -0.1) is 0 Å². The van der Waals surface area contributed by atoms with Crippen molar-refractivity contribution < 1.29 is 32.6 Å². The molecular formula is C15H15F3NO4-. The summed E-state index contributed by atoms with van der Waals surface area (Å²) in [4.78, 5) is 23.0. The molecular weight excluding hydrogens is 315 g/mol. The first kappa shape index (κ1) is 17.3. The molecule has 1 fully saturated rings. The molecule has 0 bridgehead atoms. The molecule has 0 radical (unpaired) electrons. The first-order chi connectivity index (χ1) is 10.8. The zero-order valence-electron chi connectivity index (χ0n) is 12.1. The van der Waals surface area contributed by atoms with Crippen molar-refractivity contribution in [3.63, 3.8) is 0 Å². The van der Waals surface area contributed by atoms with E-state index in [2.05, 4.69) is 5.32 Å². The largest absolute Gasteiger partial charge is 0.550 e. The molecule has 0 saturated carbocycles. The highest BCUT2D eigenvalue weighted by molar-refractivity contribution is 5.94. The van der Waals surface area contributed by atoms with E-state index in [1.165, 1.54) is 6.07 Å². The molecule has 0 unspecified atom stereocenters. The highest BCUT2D eigenvalue weighted by atomic mass is 19.4. The molecule has 23 heavy (non-hydrogen) atoms. The second-order valence-electron chi connectivity index (χ2n) is 5.30. The number of halogens is 3. The Morgan fingerprint density at radius 1 is 1.39 bits per heavy atom. The van der Waals surface area contributed by atoms with Crippen LogP contribution in [-0.2, 0) is 20.5 Å². The molecule has 1 saturated heterocycles. The van der Waals surface area contributed by atoms with E-state index in [0.717, 1.165) is 18.2 Å². The number of benzene rings is 1. The fraction of sp³-hybridized carbons (Fsp3) is 0.467. The van der Waals surface area contributed by atoms with Crippen LogP contribution in [0.2, 0.25) is 0 Å². The molecule has 0 aliphatic carbocycles. The Morgan fingerprint density at radius 2 is 2.13 bits per heavy atom. The number of amides is 1. The van der Waals surface area contributed by atoms with E-state index in [4.69, 9.17) is 4.74 Å². The van der Waals surface area contributed by atoms with Gasteiger partial charge in [-0.05, 0) is 31.0 Å². The van der Waals surface area contributed by atoms with E-state index in [1.807, 2.05) is 0 Å². The summed E-state index contributed by atoms with van der Waals surface area (Å²) >= 11 is 0. The molecule has 0 aromatic heterocycles. The Bertz CT molecular complexity index is 582. The average Bonchev–Trinajstić information content (AvgIpc) is 2.97. The van der Waals surface area contributed by atoms with Gasteiger partial charge in [-0.3, -0.25) is 4.79 Å². The Labute approximate surface area is 130 Å². The van der Waals surface area contributed by atoms with Gasteiger partial charge in [-0.2, -0.15) is 13.2 Å². The number of aliphatic carboxylic acids is 1. The number of hydrogen-bond donors (Lipinski definition) is 1. The number of carbonyl (C=O) groups is 2. The first-order valence-electron chi connectivity index (χ1n) is 7.07. The van der Waals surface area contributed by atoms with Gasteiger partial charge in [0.15, 0.2) is 0 Å². The SMILES string of the molecule is O=C([O-])C[C@@H](C(=O)Nc1cccc(C(F)(F)F)c1)[C@@H]1CCCO1. The summed E-state index contributed by atoms with van der Waals surface area (Å²) < 4.78 is 43.3. The number of rotatable bonds is 5. The van der Waals surface area contributed by atoms with E-state index in [-0.39, 0.29) is 5.69 Å². The third-order valence-corrected chi connectivity index (χ3v) is 3.59. The van der Waals surface area contributed by atoms with Crippen molar-refractivity contribution in [2.45, 2.75) is 31.5 Å². The Morgan fingerprint density at radius 3 is 2.70 bits per heavy atom. The maximum atomic E-state index is 12.7. The van der Waals surface area contributed by atoms with E-state index in [1.54, 1.807) is 0 Å². The van der Waals surface area contributed by atoms with Gasteiger partial charge in [0, 0.05) is 24.7 Å². The summed E-state index contributed by atoms with van der Waals surface area (Å²) in [6, 6.07) is 4.15. The van der Waals surface area contributed by atoms with Crippen LogP contribution in [0.15, 0.2) is 24.3 Å². The summed E-state index contributed by atoms with van der Waals surface area (Å²) in [5.41, 5.74) is -0.949. The molecule has 2 rings (SSSR count). The second kappa shape index (κ2) is 6.99. The normalized spacial score (nSPS) is 19.3. The Balaban J connectivity index is 2.13. The Hall–Kier alpha value is -2.09. The number of carbonyl (C=O) groups excluding carboxylic acids is 2. The molecule has 0 spiro atoms. The quantitative estimate of drug-likeness (QED) is 0.889. The van der Waals surface area contributed by atoms with Crippen LogP contribution >= 0.6 is 0 Å². The molecule has 8 heteroatoms. The third kappa shape index (κ3) is 4.69. The van der Waals surface area contributed by atoms with Gasteiger partial charge in [0.2, 0.25) is 5.91 Å². The van der Waals surface area contributed by atoms with Gasteiger partial charge >= 0.3 is 6.18 Å². The molecule has 1 N–H and O–H groups in total. The molecule has 1 aromatic rings. The number of hydrogen-bond acceptors (Lipinski definition) is 4. The number of carboxylic acids is 1. The van der Waals surface area contributed by atoms with Crippen molar-refractivity contribution in [3.8, 4) is 0 Å². The minimum Gasteiger partial charge on any atom is -0.550 e. The molecule has 2 atom stereocenters. The lowest BCUT2D eigenvalue weighted by Crippen LogP contribution is -2.38. The summed E-state index contributed by atoms with van der Waals surface area (Å²) in [6.45, 7) is 0.422. The minimum atomic E-state index is -4.53. The lowest BCUT2D eigenvalue weighted by molar-refractivity contribution is -0.307. The van der Waals surface area contributed by atoms with Crippen molar-refractivity contribution in [1.82, 2.24) is 0 Å². The highest BCUT2D eigenvalue weighted by Crippen LogP contribution is 2.31. The van der Waals surface area contributed by atoms with Crippen LogP contribution in [0.25, 0.3) is 0 Å². The molecule has 1 amide bonds. The predicted molar refractivity (Wildman–Crippen MR) is 72.2 cm³/mol. The van der Waals surface area contributed by atoms with Gasteiger partial charge in [-0.25, -0.2) is 0 Å². The monoisotopic (exact) mass is 330 g/mol. The van der Waals surface area contributed by atoms with Crippen molar-refractivity contribution in [2.24, 2.45) is 5.92 Å². The minimum absolute atomic E-state index is 0.0498. The molecule has 1 aromatic carbocycles. The molecule has 1 aliphatic heterocycles. The lowest BCUT2D eigenvalue weighted by Gasteiger charge is -2.22. The van der Waals surface area contributed by atoms with Crippen LogP contribution < -0.4 is 10.4 Å². The number of ether oxygens (including phenoxy) is 1. The van der Waals surface area contributed by atoms with Gasteiger partial charge in [0.05, 0.1) is 17.6 Å². The van der Waals surface area contributed by atoms with Crippen LogP contribution in [0.3, 0.4) is 0 Å². The number of nitrogens with one attached hydrogen (secondary N) is 1. The highest BCUT2D eigenvalue weighted by Gasteiger charge is 2.33. The molecule has 1 heterocycles. The van der Waals surface area contributed by atoms with Gasteiger partial charge in [0.1, 0.15) is 0 Å². The first-order valence-corrected chi connectivity index (χ1v) is 7.07. The van der Waals surface area contributed by atoms with Crippen LogP contribution in [0.1, 0.15) is 24.8 Å². The maximum absolute atomic E-state index is 12.7. The van der Waals surface area contributed by atoms with E-state index < -0.39 is 42.1 Å². The van der Waals surface area contributed by atoms with Crippen LogP contribution in [0.5, 0.6) is 0 Å². The smallest absolute Gasteiger partial charge is 0.416 e. The number of anilines is 1.